The Morgan fingerprint density at radius 1 is 1.17 bits per heavy atom. The Balaban J connectivity index is 1.63. The zero-order valence-corrected chi connectivity index (χ0v) is 19.1. The topological polar surface area (TPSA) is 88.6 Å². The lowest BCUT2D eigenvalue weighted by Crippen LogP contribution is -2.22. The van der Waals surface area contributed by atoms with Gasteiger partial charge in [0.15, 0.2) is 11.7 Å². The monoisotopic (exact) mass is 485 g/mol. The van der Waals surface area contributed by atoms with Gasteiger partial charge in [0.05, 0.1) is 15.6 Å². The molecule has 1 amide bonds. The van der Waals surface area contributed by atoms with Gasteiger partial charge in [0, 0.05) is 36.1 Å². The Kier molecular flexibility index (Phi) is 6.99. The quantitative estimate of drug-likeness (QED) is 0.536. The lowest BCUT2D eigenvalue weighted by molar-refractivity contribution is -0.118. The van der Waals surface area contributed by atoms with Gasteiger partial charge in [0.2, 0.25) is 10.0 Å². The van der Waals surface area contributed by atoms with E-state index in [1.165, 1.54) is 43.6 Å². The van der Waals surface area contributed by atoms with Gasteiger partial charge in [-0.05, 0) is 24.3 Å². The maximum Gasteiger partial charge on any atom is 0.264 e. The van der Waals surface area contributed by atoms with Gasteiger partial charge < -0.3 is 4.74 Å². The molecule has 0 bridgehead atoms. The number of sulfonamides is 1. The molecule has 7 nitrogen and oxygen atoms in total. The molecule has 2 aromatic carbocycles. The molecule has 0 fully saturated rings. The number of anilines is 1. The van der Waals surface area contributed by atoms with Crippen LogP contribution in [0.4, 0.5) is 5.13 Å². The summed E-state index contributed by atoms with van der Waals surface area (Å²) in [5, 5.41) is 5.60. The predicted molar refractivity (Wildman–Crippen MR) is 119 cm³/mol. The van der Waals surface area contributed by atoms with Gasteiger partial charge in [-0.15, -0.1) is 11.3 Å². The van der Waals surface area contributed by atoms with Crippen LogP contribution in [0.3, 0.4) is 0 Å². The minimum absolute atomic E-state index is 0.192. The number of hydrogen-bond donors (Lipinski definition) is 1. The molecule has 158 valence electrons. The number of amides is 1. The maximum atomic E-state index is 12.1. The van der Waals surface area contributed by atoms with Crippen molar-refractivity contribution >= 4 is 55.6 Å². The van der Waals surface area contributed by atoms with E-state index in [0.29, 0.717) is 26.6 Å². The number of hydrogen-bond acceptors (Lipinski definition) is 6. The van der Waals surface area contributed by atoms with E-state index in [1.54, 1.807) is 29.6 Å². The highest BCUT2D eigenvalue weighted by Gasteiger charge is 2.17. The number of carbonyl (C=O) groups excluding carboxylic acids is 1. The molecule has 30 heavy (non-hydrogen) atoms. The van der Waals surface area contributed by atoms with Crippen LogP contribution in [-0.2, 0) is 14.8 Å². The highest BCUT2D eigenvalue weighted by Crippen LogP contribution is 2.28. The third kappa shape index (κ3) is 5.30. The fraction of sp³-hybridized carbons (Fsp3) is 0.158. The second kappa shape index (κ2) is 9.32. The summed E-state index contributed by atoms with van der Waals surface area (Å²) < 4.78 is 30.8. The van der Waals surface area contributed by atoms with Crippen molar-refractivity contribution in [2.45, 2.75) is 4.90 Å². The molecule has 0 atom stereocenters. The number of nitrogens with one attached hydrogen (secondary N) is 1. The van der Waals surface area contributed by atoms with Gasteiger partial charge in [0.25, 0.3) is 5.91 Å². The van der Waals surface area contributed by atoms with Gasteiger partial charge in [-0.3, -0.25) is 10.1 Å². The molecule has 0 aliphatic carbocycles. The first kappa shape index (κ1) is 22.5. The predicted octanol–water partition coefficient (Wildman–Crippen LogP) is 4.38. The van der Waals surface area contributed by atoms with E-state index in [4.69, 9.17) is 27.9 Å². The zero-order chi connectivity index (χ0) is 21.9. The van der Waals surface area contributed by atoms with Gasteiger partial charge >= 0.3 is 0 Å². The number of carbonyl (C=O) groups is 1. The first-order valence-electron chi connectivity index (χ1n) is 8.53. The smallest absolute Gasteiger partial charge is 0.264 e. The van der Waals surface area contributed by atoms with E-state index in [-0.39, 0.29) is 11.5 Å². The van der Waals surface area contributed by atoms with Crippen molar-refractivity contribution in [3.05, 3.63) is 57.9 Å². The molecule has 1 N–H and O–H groups in total. The Morgan fingerprint density at radius 3 is 2.53 bits per heavy atom. The fourth-order valence-electron chi connectivity index (χ4n) is 2.36. The van der Waals surface area contributed by atoms with Crippen molar-refractivity contribution in [3.8, 4) is 17.0 Å². The van der Waals surface area contributed by atoms with E-state index < -0.39 is 15.9 Å². The Hall–Kier alpha value is -2.17. The molecular weight excluding hydrogens is 469 g/mol. The maximum absolute atomic E-state index is 12.1. The van der Waals surface area contributed by atoms with E-state index in [2.05, 4.69) is 10.3 Å². The second-order valence-electron chi connectivity index (χ2n) is 6.26. The largest absolute Gasteiger partial charge is 0.482 e. The second-order valence-corrected chi connectivity index (χ2v) is 10.1. The normalized spacial score (nSPS) is 11.5. The van der Waals surface area contributed by atoms with Crippen LogP contribution >= 0.6 is 34.5 Å². The standard InChI is InChI=1S/C19H17Cl2N3O4S2/c1-24(2)30(26,27)14-6-3-12(4-7-14)16-11-29-19(22-16)23-18(25)10-28-17-9-13(20)5-8-15(17)21/h3-9,11H,10H2,1-2H3,(H,22,23,25). The van der Waals surface area contributed by atoms with E-state index in [1.807, 2.05) is 0 Å². The number of nitrogens with zero attached hydrogens (tertiary/aromatic N) is 2. The minimum atomic E-state index is -3.49. The van der Waals surface area contributed by atoms with Crippen LogP contribution in [-0.4, -0.2) is 44.3 Å². The number of rotatable bonds is 7. The molecule has 0 radical (unpaired) electrons. The van der Waals surface area contributed by atoms with Gasteiger partial charge in [0.1, 0.15) is 5.75 Å². The van der Waals surface area contributed by atoms with E-state index in [9.17, 15) is 13.2 Å². The molecule has 1 aromatic heterocycles. The molecule has 3 aromatic rings. The zero-order valence-electron chi connectivity index (χ0n) is 15.9. The van der Waals surface area contributed by atoms with Crippen molar-refractivity contribution in [1.82, 2.24) is 9.29 Å². The van der Waals surface area contributed by atoms with Crippen molar-refractivity contribution in [2.75, 3.05) is 26.0 Å². The number of ether oxygens (including phenoxy) is 1. The van der Waals surface area contributed by atoms with Crippen LogP contribution in [0.5, 0.6) is 5.75 Å². The van der Waals surface area contributed by atoms with Crippen LogP contribution in [0.1, 0.15) is 0 Å². The van der Waals surface area contributed by atoms with Crippen molar-refractivity contribution in [2.24, 2.45) is 0 Å². The lowest BCUT2D eigenvalue weighted by Gasteiger charge is -2.11. The Labute approximate surface area is 188 Å². The van der Waals surface area contributed by atoms with Crippen LogP contribution < -0.4 is 10.1 Å². The average Bonchev–Trinajstić information content (AvgIpc) is 3.17. The van der Waals surface area contributed by atoms with Crippen LogP contribution in [0.2, 0.25) is 10.0 Å². The summed E-state index contributed by atoms with van der Waals surface area (Å²) in [6.07, 6.45) is 0. The lowest BCUT2D eigenvalue weighted by atomic mass is 10.2. The van der Waals surface area contributed by atoms with Crippen molar-refractivity contribution < 1.29 is 17.9 Å². The molecule has 1 heterocycles. The van der Waals surface area contributed by atoms with Crippen molar-refractivity contribution in [1.29, 1.82) is 0 Å². The van der Waals surface area contributed by atoms with Gasteiger partial charge in [-0.2, -0.15) is 0 Å². The number of aromatic nitrogens is 1. The summed E-state index contributed by atoms with van der Waals surface area (Å²) >= 11 is 13.1. The third-order valence-electron chi connectivity index (χ3n) is 3.93. The summed E-state index contributed by atoms with van der Waals surface area (Å²) in [6.45, 7) is -0.258. The van der Waals surface area contributed by atoms with Crippen LogP contribution in [0, 0.1) is 0 Å². The highest BCUT2D eigenvalue weighted by atomic mass is 35.5. The summed E-state index contributed by atoms with van der Waals surface area (Å²) in [7, 11) is -0.545. The molecule has 0 unspecified atom stereocenters. The number of halogens is 2. The fourth-order valence-corrected chi connectivity index (χ4v) is 4.33. The molecular formula is C19H17Cl2N3O4S2. The molecule has 0 spiro atoms. The molecule has 0 saturated carbocycles. The Morgan fingerprint density at radius 2 is 1.87 bits per heavy atom. The molecule has 0 aliphatic heterocycles. The van der Waals surface area contributed by atoms with Gasteiger partial charge in [-0.1, -0.05) is 35.3 Å². The summed E-state index contributed by atoms with van der Waals surface area (Å²) in [5.74, 6) is -0.0914. The average molecular weight is 486 g/mol. The van der Waals surface area contributed by atoms with Crippen LogP contribution in [0.25, 0.3) is 11.3 Å². The van der Waals surface area contributed by atoms with E-state index >= 15 is 0 Å². The summed E-state index contributed by atoms with van der Waals surface area (Å²) in [5.41, 5.74) is 1.34. The number of benzene rings is 2. The number of thiazole rings is 1. The SMILES string of the molecule is CN(C)S(=O)(=O)c1ccc(-c2csc(NC(=O)COc3cc(Cl)ccc3Cl)n2)cc1. The van der Waals surface area contributed by atoms with Crippen molar-refractivity contribution in [3.63, 3.8) is 0 Å². The molecule has 3 rings (SSSR count). The summed E-state index contributed by atoms with van der Waals surface area (Å²) in [6, 6.07) is 11.1. The van der Waals surface area contributed by atoms with E-state index in [0.717, 1.165) is 9.87 Å². The molecule has 0 aliphatic rings. The first-order chi connectivity index (χ1) is 14.2. The first-order valence-corrected chi connectivity index (χ1v) is 11.6. The molecule has 11 heteroatoms. The third-order valence-corrected chi connectivity index (χ3v) is 7.07. The minimum Gasteiger partial charge on any atom is -0.482 e. The molecule has 0 saturated heterocycles. The Bertz CT molecular complexity index is 1160. The van der Waals surface area contributed by atoms with Crippen LogP contribution in [0.15, 0.2) is 52.7 Å². The van der Waals surface area contributed by atoms with Gasteiger partial charge in [-0.25, -0.2) is 17.7 Å². The highest BCUT2D eigenvalue weighted by molar-refractivity contribution is 7.89. The summed E-state index contributed by atoms with van der Waals surface area (Å²) in [4.78, 5) is 16.7.